The lowest BCUT2D eigenvalue weighted by atomic mass is 10.1. The van der Waals surface area contributed by atoms with Crippen LogP contribution in [-0.2, 0) is 4.74 Å². The van der Waals surface area contributed by atoms with E-state index in [0.717, 1.165) is 38.5 Å². The van der Waals surface area contributed by atoms with Crippen LogP contribution in [0.4, 0.5) is 10.2 Å². The van der Waals surface area contributed by atoms with Gasteiger partial charge < -0.3 is 15.0 Å². The second-order valence-corrected chi connectivity index (χ2v) is 6.72. The van der Waals surface area contributed by atoms with Gasteiger partial charge in [0.15, 0.2) is 17.5 Å². The predicted molar refractivity (Wildman–Crippen MR) is 102 cm³/mol. The molecule has 0 saturated carbocycles. The van der Waals surface area contributed by atoms with Crippen molar-refractivity contribution in [2.75, 3.05) is 32.6 Å². The lowest BCUT2D eigenvalue weighted by molar-refractivity contribution is 0.0763. The third kappa shape index (κ3) is 4.80. The van der Waals surface area contributed by atoms with E-state index in [0.29, 0.717) is 29.6 Å². The molecule has 1 aliphatic heterocycles. The van der Waals surface area contributed by atoms with E-state index in [1.54, 1.807) is 43.3 Å². The fraction of sp³-hybridized carbons (Fsp3) is 0.450. The van der Waals surface area contributed by atoms with Crippen molar-refractivity contribution in [2.24, 2.45) is 0 Å². The molecule has 1 aromatic carbocycles. The number of halogens is 1. The number of nitrogens with zero attached hydrogens (tertiary/aromatic N) is 3. The first-order chi connectivity index (χ1) is 13.1. The molecule has 27 heavy (non-hydrogen) atoms. The number of carbonyl (C=O) groups is 1. The van der Waals surface area contributed by atoms with Gasteiger partial charge in [-0.25, -0.2) is 14.4 Å². The molecule has 6 nitrogen and oxygen atoms in total. The van der Waals surface area contributed by atoms with E-state index in [1.807, 2.05) is 0 Å². The Bertz CT molecular complexity index is 793. The molecule has 0 radical (unpaired) electrons. The molecule has 1 atom stereocenters. The zero-order valence-corrected chi connectivity index (χ0v) is 15.7. The van der Waals surface area contributed by atoms with E-state index in [2.05, 4.69) is 15.3 Å². The summed E-state index contributed by atoms with van der Waals surface area (Å²) in [5.41, 5.74) is 1.23. The Balaban J connectivity index is 1.65. The Kier molecular flexibility index (Phi) is 6.34. The van der Waals surface area contributed by atoms with Crippen molar-refractivity contribution < 1.29 is 13.9 Å². The van der Waals surface area contributed by atoms with Crippen molar-refractivity contribution in [3.8, 4) is 11.4 Å². The molecule has 0 spiro atoms. The third-order valence-corrected chi connectivity index (χ3v) is 4.74. The van der Waals surface area contributed by atoms with Gasteiger partial charge in [0, 0.05) is 38.4 Å². The average Bonchev–Trinajstić information content (AvgIpc) is 3.21. The van der Waals surface area contributed by atoms with Crippen LogP contribution in [0.2, 0.25) is 0 Å². The van der Waals surface area contributed by atoms with Crippen LogP contribution in [0.5, 0.6) is 0 Å². The van der Waals surface area contributed by atoms with Crippen LogP contribution in [0.25, 0.3) is 11.4 Å². The Morgan fingerprint density at radius 1 is 1.44 bits per heavy atom. The van der Waals surface area contributed by atoms with Crippen molar-refractivity contribution >= 4 is 11.7 Å². The number of ether oxygens (including phenoxy) is 1. The number of benzene rings is 1. The van der Waals surface area contributed by atoms with Crippen LogP contribution < -0.4 is 5.32 Å². The highest BCUT2D eigenvalue weighted by Crippen LogP contribution is 2.21. The van der Waals surface area contributed by atoms with Crippen LogP contribution in [-0.4, -0.2) is 54.1 Å². The zero-order chi connectivity index (χ0) is 19.2. The van der Waals surface area contributed by atoms with Crippen LogP contribution in [0, 0.1) is 5.82 Å². The molecule has 1 unspecified atom stereocenters. The third-order valence-electron chi connectivity index (χ3n) is 4.74. The Labute approximate surface area is 158 Å². The maximum atomic E-state index is 13.6. The minimum atomic E-state index is -0.514. The molecule has 144 valence electrons. The number of aromatic nitrogens is 2. The predicted octanol–water partition coefficient (Wildman–Crippen LogP) is 3.36. The topological polar surface area (TPSA) is 67.4 Å². The van der Waals surface area contributed by atoms with E-state index in [-0.39, 0.29) is 11.7 Å². The fourth-order valence-corrected chi connectivity index (χ4v) is 3.22. The number of rotatable bonds is 7. The SMILES string of the molecule is CNc1nc(-c2cccc(C(=O)N(C)CCCC3CCCO3)c2)ncc1F. The van der Waals surface area contributed by atoms with E-state index in [4.69, 9.17) is 4.74 Å². The van der Waals surface area contributed by atoms with Gasteiger partial charge in [0.1, 0.15) is 0 Å². The van der Waals surface area contributed by atoms with Crippen molar-refractivity contribution in [1.29, 1.82) is 0 Å². The lowest BCUT2D eigenvalue weighted by Gasteiger charge is -2.18. The number of nitrogens with one attached hydrogen (secondary N) is 1. The average molecular weight is 372 g/mol. The lowest BCUT2D eigenvalue weighted by Crippen LogP contribution is -2.28. The number of hydrogen-bond donors (Lipinski definition) is 1. The van der Waals surface area contributed by atoms with E-state index in [1.165, 1.54) is 0 Å². The quantitative estimate of drug-likeness (QED) is 0.807. The summed E-state index contributed by atoms with van der Waals surface area (Å²) in [4.78, 5) is 22.6. The molecule has 0 bridgehead atoms. The molecule has 1 N–H and O–H groups in total. The Morgan fingerprint density at radius 2 is 2.30 bits per heavy atom. The van der Waals surface area contributed by atoms with Crippen molar-refractivity contribution in [2.45, 2.75) is 31.8 Å². The first-order valence-corrected chi connectivity index (χ1v) is 9.26. The maximum absolute atomic E-state index is 13.6. The summed E-state index contributed by atoms with van der Waals surface area (Å²) in [7, 11) is 3.40. The van der Waals surface area contributed by atoms with Crippen LogP contribution in [0.15, 0.2) is 30.5 Å². The van der Waals surface area contributed by atoms with Gasteiger partial charge in [-0.1, -0.05) is 12.1 Å². The minimum absolute atomic E-state index is 0.0554. The van der Waals surface area contributed by atoms with Gasteiger partial charge in [0.05, 0.1) is 12.3 Å². The first kappa shape index (κ1) is 19.2. The number of amides is 1. The number of anilines is 1. The van der Waals surface area contributed by atoms with Gasteiger partial charge in [-0.3, -0.25) is 4.79 Å². The molecule has 2 aromatic rings. The summed E-state index contributed by atoms with van der Waals surface area (Å²) in [6.07, 6.45) is 5.61. The highest BCUT2D eigenvalue weighted by molar-refractivity contribution is 5.95. The molecular formula is C20H25FN4O2. The van der Waals surface area contributed by atoms with Crippen molar-refractivity contribution in [3.05, 3.63) is 41.8 Å². The largest absolute Gasteiger partial charge is 0.378 e. The summed E-state index contributed by atoms with van der Waals surface area (Å²) in [5, 5.41) is 2.70. The standard InChI is InChI=1S/C20H25FN4O2/c1-22-19-17(21)13-23-18(24-19)14-6-3-7-15(12-14)20(26)25(2)10-4-8-16-9-5-11-27-16/h3,6-7,12-13,16H,4-5,8-11H2,1-2H3,(H,22,23,24). The normalized spacial score (nSPS) is 16.3. The van der Waals surface area contributed by atoms with Crippen LogP contribution >= 0.6 is 0 Å². The zero-order valence-electron chi connectivity index (χ0n) is 15.7. The summed E-state index contributed by atoms with van der Waals surface area (Å²) < 4.78 is 19.2. The van der Waals surface area contributed by atoms with E-state index in [9.17, 15) is 9.18 Å². The second-order valence-electron chi connectivity index (χ2n) is 6.72. The maximum Gasteiger partial charge on any atom is 0.253 e. The van der Waals surface area contributed by atoms with Gasteiger partial charge in [-0.15, -0.1) is 0 Å². The van der Waals surface area contributed by atoms with Crippen LogP contribution in [0.1, 0.15) is 36.0 Å². The summed E-state index contributed by atoms with van der Waals surface area (Å²) in [6, 6.07) is 7.10. The minimum Gasteiger partial charge on any atom is -0.378 e. The second kappa shape index (κ2) is 8.90. The number of carbonyl (C=O) groups excluding carboxylic acids is 1. The Morgan fingerprint density at radius 3 is 3.04 bits per heavy atom. The van der Waals surface area contributed by atoms with Crippen molar-refractivity contribution in [3.63, 3.8) is 0 Å². The molecule has 1 aliphatic rings. The van der Waals surface area contributed by atoms with Crippen LogP contribution in [0.3, 0.4) is 0 Å². The molecule has 1 fully saturated rings. The number of hydrogen-bond acceptors (Lipinski definition) is 5. The fourth-order valence-electron chi connectivity index (χ4n) is 3.22. The monoisotopic (exact) mass is 372 g/mol. The van der Waals surface area contributed by atoms with E-state index >= 15 is 0 Å². The van der Waals surface area contributed by atoms with Gasteiger partial charge in [0.2, 0.25) is 0 Å². The highest BCUT2D eigenvalue weighted by atomic mass is 19.1. The highest BCUT2D eigenvalue weighted by Gasteiger charge is 2.17. The van der Waals surface area contributed by atoms with E-state index < -0.39 is 5.82 Å². The summed E-state index contributed by atoms with van der Waals surface area (Å²) >= 11 is 0. The molecule has 0 aliphatic carbocycles. The molecule has 1 saturated heterocycles. The van der Waals surface area contributed by atoms with Gasteiger partial charge in [0.25, 0.3) is 5.91 Å². The first-order valence-electron chi connectivity index (χ1n) is 9.26. The smallest absolute Gasteiger partial charge is 0.253 e. The Hall–Kier alpha value is -2.54. The van der Waals surface area contributed by atoms with Gasteiger partial charge in [-0.2, -0.15) is 0 Å². The molecule has 1 amide bonds. The molecule has 1 aromatic heterocycles. The molecular weight excluding hydrogens is 347 g/mol. The van der Waals surface area contributed by atoms with Gasteiger partial charge >= 0.3 is 0 Å². The van der Waals surface area contributed by atoms with Crippen molar-refractivity contribution in [1.82, 2.24) is 14.9 Å². The molecule has 2 heterocycles. The van der Waals surface area contributed by atoms with Gasteiger partial charge in [-0.05, 0) is 37.8 Å². The molecule has 7 heteroatoms. The molecule has 3 rings (SSSR count). The summed E-state index contributed by atoms with van der Waals surface area (Å²) in [6.45, 7) is 1.53. The summed E-state index contributed by atoms with van der Waals surface area (Å²) in [5.74, 6) is -0.0704.